The Hall–Kier alpha value is -1.02. The Morgan fingerprint density at radius 2 is 1.86 bits per heavy atom. The van der Waals surface area contributed by atoms with Crippen LogP contribution in [0.25, 0.3) is 0 Å². The van der Waals surface area contributed by atoms with Gasteiger partial charge in [-0.05, 0) is 24.5 Å². The Balaban J connectivity index is 1.94. The molecule has 2 fully saturated rings. The van der Waals surface area contributed by atoms with Crippen molar-refractivity contribution in [3.05, 3.63) is 29.8 Å². The van der Waals surface area contributed by atoms with Crippen molar-refractivity contribution in [1.29, 1.82) is 0 Å². The SMILES string of the molecule is c1ccc(N2CCCC2)c([C@H]2CN2)c1. The Morgan fingerprint density at radius 1 is 1.14 bits per heavy atom. The van der Waals surface area contributed by atoms with Gasteiger partial charge < -0.3 is 10.2 Å². The number of benzene rings is 1. The van der Waals surface area contributed by atoms with E-state index in [2.05, 4.69) is 34.5 Å². The van der Waals surface area contributed by atoms with E-state index in [0.29, 0.717) is 6.04 Å². The fourth-order valence-corrected chi connectivity index (χ4v) is 2.31. The third kappa shape index (κ3) is 1.40. The van der Waals surface area contributed by atoms with Crippen LogP contribution in [0.15, 0.2) is 24.3 Å². The first-order valence-electron chi connectivity index (χ1n) is 5.52. The van der Waals surface area contributed by atoms with Gasteiger partial charge in [0.1, 0.15) is 0 Å². The van der Waals surface area contributed by atoms with Gasteiger partial charge >= 0.3 is 0 Å². The first kappa shape index (κ1) is 8.30. The van der Waals surface area contributed by atoms with Crippen LogP contribution < -0.4 is 10.2 Å². The van der Waals surface area contributed by atoms with E-state index >= 15 is 0 Å². The first-order valence-corrected chi connectivity index (χ1v) is 5.52. The number of para-hydroxylation sites is 1. The highest BCUT2D eigenvalue weighted by atomic mass is 15.2. The van der Waals surface area contributed by atoms with Crippen molar-refractivity contribution in [2.75, 3.05) is 24.5 Å². The average molecular weight is 188 g/mol. The maximum atomic E-state index is 3.39. The molecule has 0 amide bonds. The van der Waals surface area contributed by atoms with Crippen molar-refractivity contribution < 1.29 is 0 Å². The Labute approximate surface area is 84.9 Å². The molecule has 2 aliphatic rings. The zero-order valence-corrected chi connectivity index (χ0v) is 8.37. The summed E-state index contributed by atoms with van der Waals surface area (Å²) in [6.45, 7) is 3.64. The highest BCUT2D eigenvalue weighted by molar-refractivity contribution is 5.56. The second-order valence-electron chi connectivity index (χ2n) is 4.21. The fourth-order valence-electron chi connectivity index (χ4n) is 2.31. The van der Waals surface area contributed by atoms with Gasteiger partial charge in [0.15, 0.2) is 0 Å². The third-order valence-corrected chi connectivity index (χ3v) is 3.17. The summed E-state index contributed by atoms with van der Waals surface area (Å²) in [5.41, 5.74) is 2.95. The second-order valence-corrected chi connectivity index (χ2v) is 4.21. The average Bonchev–Trinajstić information content (AvgIpc) is 2.94. The van der Waals surface area contributed by atoms with Crippen molar-refractivity contribution in [2.45, 2.75) is 18.9 Å². The number of nitrogens with zero attached hydrogens (tertiary/aromatic N) is 1. The molecule has 2 nitrogen and oxygen atoms in total. The molecule has 14 heavy (non-hydrogen) atoms. The van der Waals surface area contributed by atoms with E-state index in [1.165, 1.54) is 37.2 Å². The van der Waals surface area contributed by atoms with Crippen LogP contribution in [0, 0.1) is 0 Å². The minimum Gasteiger partial charge on any atom is -0.371 e. The molecule has 0 aliphatic carbocycles. The molecule has 0 radical (unpaired) electrons. The number of hydrogen-bond donors (Lipinski definition) is 1. The number of nitrogens with one attached hydrogen (secondary N) is 1. The summed E-state index contributed by atoms with van der Waals surface area (Å²) in [6, 6.07) is 9.46. The van der Waals surface area contributed by atoms with Gasteiger partial charge in [-0.15, -0.1) is 0 Å². The molecule has 0 spiro atoms. The van der Waals surface area contributed by atoms with Crippen LogP contribution in [-0.4, -0.2) is 19.6 Å². The Kier molecular flexibility index (Phi) is 1.95. The molecule has 0 unspecified atom stereocenters. The van der Waals surface area contributed by atoms with Gasteiger partial charge in [0.05, 0.1) is 0 Å². The summed E-state index contributed by atoms with van der Waals surface area (Å²) in [7, 11) is 0. The molecule has 74 valence electrons. The van der Waals surface area contributed by atoms with Gasteiger partial charge in [0, 0.05) is 31.4 Å². The lowest BCUT2D eigenvalue weighted by Crippen LogP contribution is -2.19. The lowest BCUT2D eigenvalue weighted by Gasteiger charge is -2.20. The minimum absolute atomic E-state index is 0.631. The van der Waals surface area contributed by atoms with Gasteiger partial charge in [-0.25, -0.2) is 0 Å². The topological polar surface area (TPSA) is 25.2 Å². The number of rotatable bonds is 2. The molecule has 1 aromatic carbocycles. The maximum Gasteiger partial charge on any atom is 0.0468 e. The molecule has 1 N–H and O–H groups in total. The highest BCUT2D eigenvalue weighted by Crippen LogP contribution is 2.32. The third-order valence-electron chi connectivity index (χ3n) is 3.17. The summed E-state index contributed by atoms with van der Waals surface area (Å²) in [4.78, 5) is 2.52. The van der Waals surface area contributed by atoms with Crippen molar-refractivity contribution in [2.24, 2.45) is 0 Å². The predicted octanol–water partition coefficient (Wildman–Crippen LogP) is 1.93. The summed E-state index contributed by atoms with van der Waals surface area (Å²) < 4.78 is 0. The van der Waals surface area contributed by atoms with Crippen molar-refractivity contribution in [3.63, 3.8) is 0 Å². The van der Waals surface area contributed by atoms with Crippen LogP contribution in [0.2, 0.25) is 0 Å². The maximum absolute atomic E-state index is 3.39. The van der Waals surface area contributed by atoms with Crippen LogP contribution in [0.5, 0.6) is 0 Å². The van der Waals surface area contributed by atoms with E-state index in [-0.39, 0.29) is 0 Å². The smallest absolute Gasteiger partial charge is 0.0468 e. The normalized spacial score (nSPS) is 25.4. The lowest BCUT2D eigenvalue weighted by molar-refractivity contribution is 0.941. The fraction of sp³-hybridized carbons (Fsp3) is 0.500. The standard InChI is InChI=1S/C12H16N2/c1-2-6-12(14-7-3-4-8-14)10(5-1)11-9-13-11/h1-2,5-6,11,13H,3-4,7-9H2/t11-/m1/s1. The summed E-state index contributed by atoms with van der Waals surface area (Å²) >= 11 is 0. The van der Waals surface area contributed by atoms with Gasteiger partial charge in [-0.2, -0.15) is 0 Å². The molecule has 1 aromatic rings. The van der Waals surface area contributed by atoms with E-state index in [4.69, 9.17) is 0 Å². The minimum atomic E-state index is 0.631. The molecule has 3 rings (SSSR count). The zero-order valence-electron chi connectivity index (χ0n) is 8.37. The second kappa shape index (κ2) is 3.28. The van der Waals surface area contributed by atoms with E-state index in [1.807, 2.05) is 0 Å². The lowest BCUT2D eigenvalue weighted by atomic mass is 10.1. The quantitative estimate of drug-likeness (QED) is 0.717. The number of anilines is 1. The van der Waals surface area contributed by atoms with Crippen molar-refractivity contribution in [3.8, 4) is 0 Å². The van der Waals surface area contributed by atoms with E-state index in [1.54, 1.807) is 0 Å². The monoisotopic (exact) mass is 188 g/mol. The van der Waals surface area contributed by atoms with Crippen LogP contribution in [0.4, 0.5) is 5.69 Å². The molecular formula is C12H16N2. The van der Waals surface area contributed by atoms with Gasteiger partial charge in [0.25, 0.3) is 0 Å². The molecule has 1 atom stereocenters. The van der Waals surface area contributed by atoms with Crippen LogP contribution >= 0.6 is 0 Å². The first-order chi connectivity index (χ1) is 6.95. The van der Waals surface area contributed by atoms with Gasteiger partial charge in [0.2, 0.25) is 0 Å². The molecule has 2 heteroatoms. The van der Waals surface area contributed by atoms with E-state index in [0.717, 1.165) is 6.54 Å². The van der Waals surface area contributed by atoms with Crippen molar-refractivity contribution in [1.82, 2.24) is 5.32 Å². The number of hydrogen-bond acceptors (Lipinski definition) is 2. The summed E-state index contributed by atoms with van der Waals surface area (Å²) in [5, 5.41) is 3.39. The summed E-state index contributed by atoms with van der Waals surface area (Å²) in [5.74, 6) is 0. The molecule has 2 saturated heterocycles. The van der Waals surface area contributed by atoms with Crippen LogP contribution in [-0.2, 0) is 0 Å². The Morgan fingerprint density at radius 3 is 2.57 bits per heavy atom. The van der Waals surface area contributed by atoms with Crippen LogP contribution in [0.3, 0.4) is 0 Å². The van der Waals surface area contributed by atoms with Gasteiger partial charge in [-0.1, -0.05) is 18.2 Å². The zero-order chi connectivity index (χ0) is 9.38. The molecule has 0 aromatic heterocycles. The molecule has 0 saturated carbocycles. The van der Waals surface area contributed by atoms with Crippen molar-refractivity contribution >= 4 is 5.69 Å². The predicted molar refractivity (Wildman–Crippen MR) is 58.6 cm³/mol. The van der Waals surface area contributed by atoms with E-state index in [9.17, 15) is 0 Å². The van der Waals surface area contributed by atoms with Crippen LogP contribution in [0.1, 0.15) is 24.4 Å². The van der Waals surface area contributed by atoms with Gasteiger partial charge in [-0.3, -0.25) is 0 Å². The highest BCUT2D eigenvalue weighted by Gasteiger charge is 2.27. The molecular weight excluding hydrogens is 172 g/mol. The van der Waals surface area contributed by atoms with E-state index < -0.39 is 0 Å². The Bertz CT molecular complexity index is 325. The largest absolute Gasteiger partial charge is 0.371 e. The molecule has 2 heterocycles. The molecule has 2 aliphatic heterocycles. The summed E-state index contributed by atoms with van der Waals surface area (Å²) in [6.07, 6.45) is 2.71. The molecule has 0 bridgehead atoms.